The van der Waals surface area contributed by atoms with Gasteiger partial charge in [-0.1, -0.05) is 19.4 Å². The van der Waals surface area contributed by atoms with Gasteiger partial charge in [-0.3, -0.25) is 0 Å². The van der Waals surface area contributed by atoms with E-state index >= 15 is 0 Å². The second-order valence-corrected chi connectivity index (χ2v) is 2.85. The van der Waals surface area contributed by atoms with Gasteiger partial charge < -0.3 is 0 Å². The third-order valence-electron chi connectivity index (χ3n) is 0.575. The van der Waals surface area contributed by atoms with E-state index < -0.39 is 15.3 Å². The number of halogens is 3. The molecular formula is C4H7F3Si. The molecule has 0 heterocycles. The first-order chi connectivity index (χ1) is 3.56. The fourth-order valence-corrected chi connectivity index (χ4v) is 0.800. The Bertz CT molecular complexity index is 58.8. The fraction of sp³-hybridized carbons (Fsp3) is 1.00. The maximum atomic E-state index is 11.3. The molecule has 2 radical (unpaired) electrons. The lowest BCUT2D eigenvalue weighted by molar-refractivity contribution is -0.0472. The van der Waals surface area contributed by atoms with E-state index in [1.165, 1.54) is 0 Å². The lowest BCUT2D eigenvalue weighted by Crippen LogP contribution is -2.17. The van der Waals surface area contributed by atoms with Gasteiger partial charge in [-0.05, 0) is 0 Å². The van der Waals surface area contributed by atoms with Gasteiger partial charge in [0.05, 0.1) is 0 Å². The summed E-state index contributed by atoms with van der Waals surface area (Å²) in [6.45, 7) is 1.75. The van der Waals surface area contributed by atoms with Gasteiger partial charge in [-0.2, -0.15) is 13.2 Å². The van der Waals surface area contributed by atoms with Gasteiger partial charge in [0.25, 0.3) is 0 Å². The predicted octanol–water partition coefficient (Wildman–Crippen LogP) is 2.04. The van der Waals surface area contributed by atoms with Crippen molar-refractivity contribution in [2.24, 2.45) is 0 Å². The van der Waals surface area contributed by atoms with Crippen LogP contribution in [0.15, 0.2) is 0 Å². The topological polar surface area (TPSA) is 0 Å². The summed E-state index contributed by atoms with van der Waals surface area (Å²) in [6, 6.07) is 0.281. The van der Waals surface area contributed by atoms with E-state index in [4.69, 9.17) is 0 Å². The molecule has 0 bridgehead atoms. The van der Waals surface area contributed by atoms with E-state index in [1.807, 2.05) is 0 Å². The molecule has 0 N–H and O–H groups in total. The van der Waals surface area contributed by atoms with Crippen molar-refractivity contribution in [2.75, 3.05) is 0 Å². The van der Waals surface area contributed by atoms with E-state index in [-0.39, 0.29) is 6.04 Å². The first kappa shape index (κ1) is 8.01. The Hall–Kier alpha value is 0.00688. The molecular weight excluding hydrogens is 133 g/mol. The minimum atomic E-state index is -3.92. The van der Waals surface area contributed by atoms with Gasteiger partial charge >= 0.3 is 5.80 Å². The third-order valence-corrected chi connectivity index (χ3v) is 1.73. The largest absolute Gasteiger partial charge is 0.357 e. The van der Waals surface area contributed by atoms with E-state index in [0.717, 1.165) is 0 Å². The fourth-order valence-electron chi connectivity index (χ4n) is 0.267. The Balaban J connectivity index is 3.11. The van der Waals surface area contributed by atoms with Crippen molar-refractivity contribution in [3.05, 3.63) is 0 Å². The predicted molar refractivity (Wildman–Crippen MR) is 26.9 cm³/mol. The summed E-state index contributed by atoms with van der Waals surface area (Å²) in [5, 5.41) is 0. The zero-order valence-electron chi connectivity index (χ0n) is 4.55. The molecule has 0 nitrogen and oxygen atoms in total. The number of rotatable bonds is 2. The normalized spacial score (nSPS) is 12.0. The molecule has 0 atom stereocenters. The van der Waals surface area contributed by atoms with E-state index in [2.05, 4.69) is 0 Å². The average Bonchev–Trinajstić information content (AvgIpc) is 1.59. The Kier molecular flexibility index (Phi) is 3.12. The molecule has 0 aromatic rings. The molecule has 0 saturated carbocycles. The van der Waals surface area contributed by atoms with Crippen LogP contribution in [0, 0.1) is 0 Å². The monoisotopic (exact) mass is 140 g/mol. The molecule has 48 valence electrons. The Morgan fingerprint density at radius 3 is 2.00 bits per heavy atom. The molecule has 0 saturated heterocycles. The van der Waals surface area contributed by atoms with Crippen LogP contribution in [0.3, 0.4) is 0 Å². The van der Waals surface area contributed by atoms with Crippen LogP contribution < -0.4 is 0 Å². The van der Waals surface area contributed by atoms with Crippen LogP contribution in [0.25, 0.3) is 0 Å². The summed E-state index contributed by atoms with van der Waals surface area (Å²) in [7, 11) is -0.858. The molecule has 0 amide bonds. The van der Waals surface area contributed by atoms with Crippen LogP contribution in [0.5, 0.6) is 0 Å². The van der Waals surface area contributed by atoms with E-state index in [0.29, 0.717) is 6.42 Å². The number of hydrogen-bond acceptors (Lipinski definition) is 0. The van der Waals surface area contributed by atoms with Crippen LogP contribution >= 0.6 is 0 Å². The Morgan fingerprint density at radius 1 is 1.38 bits per heavy atom. The zero-order valence-corrected chi connectivity index (χ0v) is 5.55. The molecule has 4 heteroatoms. The standard InChI is InChI=1S/C4H7F3Si/c1-2-3-8-4(5,6)7/h2-3H2,1H3. The van der Waals surface area contributed by atoms with Crippen molar-refractivity contribution in [3.63, 3.8) is 0 Å². The second-order valence-electron chi connectivity index (χ2n) is 1.42. The SMILES string of the molecule is CCC[Si]C(F)(F)F. The lowest BCUT2D eigenvalue weighted by atomic mass is 10.6. The highest BCUT2D eigenvalue weighted by Crippen LogP contribution is 2.14. The van der Waals surface area contributed by atoms with Crippen LogP contribution in [0.4, 0.5) is 13.2 Å². The molecule has 0 spiro atoms. The molecule has 0 aromatic carbocycles. The van der Waals surface area contributed by atoms with Crippen molar-refractivity contribution in [3.8, 4) is 0 Å². The van der Waals surface area contributed by atoms with Gasteiger partial charge in [0, 0.05) is 0 Å². The first-order valence-corrected chi connectivity index (χ1v) is 3.58. The Morgan fingerprint density at radius 2 is 1.88 bits per heavy atom. The molecule has 0 fully saturated rings. The summed E-state index contributed by atoms with van der Waals surface area (Å²) in [4.78, 5) is 0. The minimum absolute atomic E-state index is 0.281. The van der Waals surface area contributed by atoms with Crippen LogP contribution in [-0.2, 0) is 0 Å². The summed E-state index contributed by atoms with van der Waals surface area (Å²) >= 11 is 0. The van der Waals surface area contributed by atoms with Crippen molar-refractivity contribution in [1.29, 1.82) is 0 Å². The van der Waals surface area contributed by atoms with Crippen molar-refractivity contribution < 1.29 is 13.2 Å². The highest BCUT2D eigenvalue weighted by Gasteiger charge is 2.26. The minimum Gasteiger partial charge on any atom is -0.178 e. The van der Waals surface area contributed by atoms with Gasteiger partial charge in [0.15, 0.2) is 9.52 Å². The highest BCUT2D eigenvalue weighted by molar-refractivity contribution is 6.37. The summed E-state index contributed by atoms with van der Waals surface area (Å²) < 4.78 is 33.8. The second kappa shape index (κ2) is 3.12. The van der Waals surface area contributed by atoms with Gasteiger partial charge in [-0.15, -0.1) is 0 Å². The van der Waals surface area contributed by atoms with Gasteiger partial charge in [0.1, 0.15) is 0 Å². The van der Waals surface area contributed by atoms with Crippen LogP contribution in [0.2, 0.25) is 6.04 Å². The average molecular weight is 140 g/mol. The van der Waals surface area contributed by atoms with Crippen molar-refractivity contribution >= 4 is 9.52 Å². The molecule has 0 aromatic heterocycles. The smallest absolute Gasteiger partial charge is 0.178 e. The Labute approximate surface area is 48.9 Å². The van der Waals surface area contributed by atoms with Crippen molar-refractivity contribution in [2.45, 2.75) is 25.2 Å². The lowest BCUT2D eigenvalue weighted by Gasteiger charge is -2.00. The van der Waals surface area contributed by atoms with E-state index in [9.17, 15) is 13.2 Å². The van der Waals surface area contributed by atoms with Crippen LogP contribution in [0.1, 0.15) is 13.3 Å². The molecule has 0 aliphatic rings. The molecule has 8 heavy (non-hydrogen) atoms. The van der Waals surface area contributed by atoms with Gasteiger partial charge in [0.2, 0.25) is 0 Å². The maximum absolute atomic E-state index is 11.3. The number of hydrogen-bond donors (Lipinski definition) is 0. The van der Waals surface area contributed by atoms with Gasteiger partial charge in [-0.25, -0.2) is 0 Å². The molecule has 0 aliphatic carbocycles. The summed E-state index contributed by atoms with van der Waals surface area (Å²) in [5.41, 5.74) is 0. The van der Waals surface area contributed by atoms with Crippen LogP contribution in [-0.4, -0.2) is 15.3 Å². The highest BCUT2D eigenvalue weighted by atomic mass is 28.2. The first-order valence-electron chi connectivity index (χ1n) is 2.38. The third kappa shape index (κ3) is 6.01. The van der Waals surface area contributed by atoms with E-state index in [1.54, 1.807) is 6.92 Å². The zero-order chi connectivity index (χ0) is 6.62. The summed E-state index contributed by atoms with van der Waals surface area (Å²) in [5.74, 6) is -3.92. The molecule has 0 aliphatic heterocycles. The molecule has 0 unspecified atom stereocenters. The van der Waals surface area contributed by atoms with Crippen molar-refractivity contribution in [1.82, 2.24) is 0 Å². The molecule has 0 rings (SSSR count). The maximum Gasteiger partial charge on any atom is 0.357 e. The summed E-state index contributed by atoms with van der Waals surface area (Å²) in [6.07, 6.45) is 0.623. The number of alkyl halides is 3. The quantitative estimate of drug-likeness (QED) is 0.515.